The summed E-state index contributed by atoms with van der Waals surface area (Å²) in [6.07, 6.45) is 15.6. The molecule has 220 valence electrons. The number of ether oxygens (including phenoxy) is 1. The molecule has 0 saturated heterocycles. The maximum absolute atomic E-state index is 11.3. The lowest BCUT2D eigenvalue weighted by atomic mass is 9.61. The first-order valence-corrected chi connectivity index (χ1v) is 15.8. The zero-order chi connectivity index (χ0) is 28.8. The van der Waals surface area contributed by atoms with Gasteiger partial charge in [-0.15, -0.1) is 0 Å². The van der Waals surface area contributed by atoms with Crippen molar-refractivity contribution in [3.05, 3.63) is 83.5 Å². The Morgan fingerprint density at radius 1 is 1.07 bits per heavy atom. The van der Waals surface area contributed by atoms with Crippen LogP contribution in [0, 0.1) is 28.6 Å². The summed E-state index contributed by atoms with van der Waals surface area (Å²) in [7, 11) is 0. The number of allylic oxidation sites excluding steroid dienone is 4. The van der Waals surface area contributed by atoms with E-state index in [0.717, 1.165) is 41.9 Å². The molecule has 5 nitrogen and oxygen atoms in total. The largest absolute Gasteiger partial charge is 0.470 e. The van der Waals surface area contributed by atoms with Crippen molar-refractivity contribution in [2.45, 2.75) is 96.1 Å². The number of hydrogen-bond acceptors (Lipinski definition) is 5. The van der Waals surface area contributed by atoms with Crippen molar-refractivity contribution in [3.8, 4) is 0 Å². The molecule has 6 rings (SSSR count). The van der Waals surface area contributed by atoms with Crippen molar-refractivity contribution in [3.63, 3.8) is 0 Å². The van der Waals surface area contributed by atoms with E-state index in [-0.39, 0.29) is 16.9 Å². The van der Waals surface area contributed by atoms with Crippen LogP contribution in [0.4, 0.5) is 0 Å². The van der Waals surface area contributed by atoms with Gasteiger partial charge < -0.3 is 20.1 Å². The average Bonchev–Trinajstić information content (AvgIpc) is 3.47. The fourth-order valence-electron chi connectivity index (χ4n) is 8.47. The highest BCUT2D eigenvalue weighted by Crippen LogP contribution is 2.60. The van der Waals surface area contributed by atoms with Crippen molar-refractivity contribution in [1.29, 1.82) is 0 Å². The molecule has 4 aliphatic carbocycles. The zero-order valence-corrected chi connectivity index (χ0v) is 24.7. The quantitative estimate of drug-likeness (QED) is 0.329. The smallest absolute Gasteiger partial charge is 0.193 e. The molecule has 4 fully saturated rings. The van der Waals surface area contributed by atoms with Gasteiger partial charge in [0.2, 0.25) is 0 Å². The monoisotopic (exact) mass is 557 g/mol. The number of nitrogens with zero attached hydrogens (tertiary/aromatic N) is 1. The molecule has 1 aliphatic heterocycles. The highest BCUT2D eigenvalue weighted by molar-refractivity contribution is 5.87. The first kappa shape index (κ1) is 28.6. The third-order valence-corrected chi connectivity index (χ3v) is 11.1. The minimum atomic E-state index is -0.647. The van der Waals surface area contributed by atoms with E-state index in [1.807, 2.05) is 24.3 Å². The van der Waals surface area contributed by atoms with E-state index < -0.39 is 18.3 Å². The molecule has 0 radical (unpaired) electrons. The van der Waals surface area contributed by atoms with Gasteiger partial charge in [-0.05, 0) is 91.2 Å². The Morgan fingerprint density at radius 2 is 1.85 bits per heavy atom. The van der Waals surface area contributed by atoms with Gasteiger partial charge in [-0.1, -0.05) is 80.6 Å². The van der Waals surface area contributed by atoms with Gasteiger partial charge in [0.15, 0.2) is 5.90 Å². The maximum Gasteiger partial charge on any atom is 0.193 e. The molecule has 1 aromatic rings. The Hall–Kier alpha value is -2.47. The van der Waals surface area contributed by atoms with Crippen LogP contribution in [-0.2, 0) is 4.74 Å². The third-order valence-electron chi connectivity index (χ3n) is 11.1. The summed E-state index contributed by atoms with van der Waals surface area (Å²) in [5.41, 5.74) is 4.26. The lowest BCUT2D eigenvalue weighted by Crippen LogP contribution is -2.35. The molecule has 41 heavy (non-hydrogen) atoms. The van der Waals surface area contributed by atoms with Crippen LogP contribution in [-0.4, -0.2) is 46.1 Å². The highest BCUT2D eigenvalue weighted by Gasteiger charge is 2.56. The minimum absolute atomic E-state index is 0.0512. The van der Waals surface area contributed by atoms with Crippen LogP contribution in [0.2, 0.25) is 0 Å². The molecule has 1 aromatic carbocycles. The van der Waals surface area contributed by atoms with Gasteiger partial charge in [0.1, 0.15) is 6.10 Å². The molecule has 1 unspecified atom stereocenters. The second-order valence-corrected chi connectivity index (χ2v) is 13.7. The number of rotatable bonds is 7. The van der Waals surface area contributed by atoms with E-state index in [1.165, 1.54) is 31.3 Å². The molecule has 1 heterocycles. The lowest BCUT2D eigenvalue weighted by Gasteiger charge is -2.44. The van der Waals surface area contributed by atoms with E-state index in [2.05, 4.69) is 50.8 Å². The Morgan fingerprint density at radius 3 is 2.61 bits per heavy atom. The topological polar surface area (TPSA) is 82.3 Å². The molecular weight excluding hydrogens is 510 g/mol. The van der Waals surface area contributed by atoms with Crippen LogP contribution in [0.25, 0.3) is 0 Å². The lowest BCUT2D eigenvalue weighted by molar-refractivity contribution is 0.0862. The SMILES string of the molecule is C=C1C(=CC=C2CCC[C@]3(C)[C@@H]([C@H](C)C=C[C@@H](O)C4(C5=NCC(c6ccccc6)O5)CC4)CC[C@@H]23)C[C@@H](O)C[C@@H]1O. The number of benzene rings is 1. The number of aliphatic imine (C=N–C) groups is 1. The number of fused-ring (bicyclic) bond motifs is 1. The molecular formula is C36H47NO4. The van der Waals surface area contributed by atoms with Gasteiger partial charge in [0.05, 0.1) is 30.3 Å². The first-order valence-electron chi connectivity index (χ1n) is 15.8. The van der Waals surface area contributed by atoms with E-state index in [9.17, 15) is 15.3 Å². The summed E-state index contributed by atoms with van der Waals surface area (Å²) < 4.78 is 6.30. The minimum Gasteiger partial charge on any atom is -0.470 e. The fourth-order valence-corrected chi connectivity index (χ4v) is 8.47. The molecule has 5 heteroatoms. The van der Waals surface area contributed by atoms with Gasteiger partial charge >= 0.3 is 0 Å². The molecule has 0 spiro atoms. The van der Waals surface area contributed by atoms with E-state index in [0.29, 0.717) is 37.1 Å². The predicted octanol–water partition coefficient (Wildman–Crippen LogP) is 6.63. The van der Waals surface area contributed by atoms with Crippen LogP contribution in [0.1, 0.15) is 83.3 Å². The van der Waals surface area contributed by atoms with Gasteiger partial charge in [-0.2, -0.15) is 0 Å². The summed E-state index contributed by atoms with van der Waals surface area (Å²) in [5, 5.41) is 31.7. The van der Waals surface area contributed by atoms with E-state index in [1.54, 1.807) is 0 Å². The Balaban J connectivity index is 1.11. The van der Waals surface area contributed by atoms with Gasteiger partial charge in [-0.3, -0.25) is 4.99 Å². The molecule has 4 saturated carbocycles. The first-order chi connectivity index (χ1) is 19.7. The van der Waals surface area contributed by atoms with Gasteiger partial charge in [0, 0.05) is 6.42 Å². The fraction of sp³-hybridized carbons (Fsp3) is 0.583. The third kappa shape index (κ3) is 5.42. The Kier molecular flexibility index (Phi) is 7.90. The second-order valence-electron chi connectivity index (χ2n) is 13.7. The number of hydrogen-bond donors (Lipinski definition) is 3. The Labute approximate surface area is 245 Å². The van der Waals surface area contributed by atoms with Crippen molar-refractivity contribution >= 4 is 5.90 Å². The molecule has 0 amide bonds. The molecule has 5 aliphatic rings. The van der Waals surface area contributed by atoms with Gasteiger partial charge in [-0.25, -0.2) is 0 Å². The average molecular weight is 558 g/mol. The molecule has 3 N–H and O–H groups in total. The van der Waals surface area contributed by atoms with Crippen molar-refractivity contribution in [2.75, 3.05) is 6.54 Å². The van der Waals surface area contributed by atoms with Crippen molar-refractivity contribution < 1.29 is 20.1 Å². The van der Waals surface area contributed by atoms with Crippen LogP contribution < -0.4 is 0 Å². The van der Waals surface area contributed by atoms with Crippen LogP contribution in [0.15, 0.2) is 82.9 Å². The Bertz CT molecular complexity index is 1260. The second kappa shape index (κ2) is 11.3. The van der Waals surface area contributed by atoms with Crippen molar-refractivity contribution in [1.82, 2.24) is 0 Å². The number of aliphatic hydroxyl groups excluding tert-OH is 3. The summed E-state index contributed by atoms with van der Waals surface area (Å²) in [4.78, 5) is 4.75. The highest BCUT2D eigenvalue weighted by atomic mass is 16.5. The molecule has 0 aromatic heterocycles. The maximum atomic E-state index is 11.3. The van der Waals surface area contributed by atoms with Gasteiger partial charge in [0.25, 0.3) is 0 Å². The normalized spacial score (nSPS) is 38.1. The van der Waals surface area contributed by atoms with Crippen LogP contribution in [0.3, 0.4) is 0 Å². The predicted molar refractivity (Wildman–Crippen MR) is 163 cm³/mol. The summed E-state index contributed by atoms with van der Waals surface area (Å²) in [5.74, 6) is 2.23. The standard InChI is InChI=1S/C36H47NO4/c1-23(11-16-33(40)36(18-19-36)34-37-22-32(41-34)26-8-5-4-6-9-26)29-14-15-30-25(10-7-17-35(29,30)3)12-13-27-20-28(38)21-31(39)24(27)2/h4-6,8-9,11-13,16,23,28-33,38-40H,2,7,10,14-15,17-22H2,1,3H3/t23-,28-,29-,30+,31+,32?,33-,35-/m1/s1. The van der Waals surface area contributed by atoms with E-state index in [4.69, 9.17) is 9.73 Å². The molecule has 8 atom stereocenters. The summed E-state index contributed by atoms with van der Waals surface area (Å²) >= 11 is 0. The summed E-state index contributed by atoms with van der Waals surface area (Å²) in [6.45, 7) is 9.52. The molecule has 0 bridgehead atoms. The summed E-state index contributed by atoms with van der Waals surface area (Å²) in [6, 6.07) is 10.2. The zero-order valence-electron chi connectivity index (χ0n) is 24.7. The van der Waals surface area contributed by atoms with Crippen molar-refractivity contribution in [2.24, 2.45) is 33.6 Å². The van der Waals surface area contributed by atoms with Crippen LogP contribution >= 0.6 is 0 Å². The van der Waals surface area contributed by atoms with E-state index >= 15 is 0 Å². The number of aliphatic hydroxyl groups is 3. The van der Waals surface area contributed by atoms with Crippen LogP contribution in [0.5, 0.6) is 0 Å².